The molecule has 0 spiro atoms. The number of esters is 1. The fourth-order valence-corrected chi connectivity index (χ4v) is 6.96. The normalized spacial score (nSPS) is 35.8. The lowest BCUT2D eigenvalue weighted by molar-refractivity contribution is -0.175. The Bertz CT molecular complexity index is 721. The Hall–Kier alpha value is -1.43. The van der Waals surface area contributed by atoms with Crippen molar-refractivity contribution in [3.8, 4) is 0 Å². The van der Waals surface area contributed by atoms with E-state index in [1.165, 1.54) is 30.7 Å². The minimum atomic E-state index is -0.883. The molecule has 140 valence electrons. The largest absolute Gasteiger partial charge is 0.452 e. The van der Waals surface area contributed by atoms with E-state index in [0.717, 1.165) is 32.1 Å². The van der Waals surface area contributed by atoms with Crippen LogP contribution in [0.5, 0.6) is 0 Å². The van der Waals surface area contributed by atoms with Crippen molar-refractivity contribution in [2.24, 2.45) is 17.3 Å². The molecule has 4 aliphatic carbocycles. The number of halogens is 2. The number of carbonyl (C=O) groups excluding carboxylic acids is 2. The van der Waals surface area contributed by atoms with E-state index in [4.69, 9.17) is 4.74 Å². The molecule has 0 aromatic heterocycles. The zero-order chi connectivity index (χ0) is 18.5. The molecular formula is C20H23BrFNO3. The summed E-state index contributed by atoms with van der Waals surface area (Å²) in [6.45, 7) is 1.58. The summed E-state index contributed by atoms with van der Waals surface area (Å²) in [5, 5.41) is 2.66. The van der Waals surface area contributed by atoms with Crippen LogP contribution < -0.4 is 5.32 Å². The highest BCUT2D eigenvalue weighted by molar-refractivity contribution is 9.10. The Labute approximate surface area is 161 Å². The second-order valence-electron chi connectivity index (χ2n) is 8.44. The van der Waals surface area contributed by atoms with Crippen LogP contribution in [0.2, 0.25) is 0 Å². The average Bonchev–Trinajstić information content (AvgIpc) is 2.54. The molecule has 0 radical (unpaired) electrons. The molecule has 4 aliphatic rings. The van der Waals surface area contributed by atoms with Gasteiger partial charge < -0.3 is 10.1 Å². The van der Waals surface area contributed by atoms with Gasteiger partial charge in [-0.05, 0) is 81.5 Å². The van der Waals surface area contributed by atoms with E-state index in [9.17, 15) is 14.0 Å². The summed E-state index contributed by atoms with van der Waals surface area (Å²) in [6, 6.07) is 5.51. The lowest BCUT2D eigenvalue weighted by atomic mass is 9.49. The molecule has 1 N–H and O–H groups in total. The van der Waals surface area contributed by atoms with Crippen molar-refractivity contribution < 1.29 is 18.7 Å². The van der Waals surface area contributed by atoms with Gasteiger partial charge in [-0.3, -0.25) is 9.59 Å². The Morgan fingerprint density at radius 1 is 1.19 bits per heavy atom. The van der Waals surface area contributed by atoms with Gasteiger partial charge in [-0.1, -0.05) is 15.9 Å². The van der Waals surface area contributed by atoms with Crippen LogP contribution in [-0.2, 0) is 14.3 Å². The maximum absolute atomic E-state index is 13.0. The highest BCUT2D eigenvalue weighted by atomic mass is 79.9. The van der Waals surface area contributed by atoms with Crippen molar-refractivity contribution in [2.75, 3.05) is 5.32 Å². The van der Waals surface area contributed by atoms with Gasteiger partial charge in [-0.15, -0.1) is 0 Å². The third-order valence-corrected chi connectivity index (χ3v) is 7.12. The van der Waals surface area contributed by atoms with Crippen LogP contribution in [0, 0.1) is 23.1 Å². The van der Waals surface area contributed by atoms with Crippen molar-refractivity contribution in [1.82, 2.24) is 0 Å². The van der Waals surface area contributed by atoms with E-state index in [1.807, 2.05) is 0 Å². The highest BCUT2D eigenvalue weighted by Gasteiger charge is 2.60. The van der Waals surface area contributed by atoms with Gasteiger partial charge >= 0.3 is 5.97 Å². The lowest BCUT2D eigenvalue weighted by Gasteiger charge is -2.58. The van der Waals surface area contributed by atoms with Gasteiger partial charge in [0.25, 0.3) is 5.91 Å². The van der Waals surface area contributed by atoms with Crippen molar-refractivity contribution in [2.45, 2.75) is 55.9 Å². The predicted octanol–water partition coefficient (Wildman–Crippen LogP) is 4.43. The third kappa shape index (κ3) is 3.28. The van der Waals surface area contributed by atoms with E-state index in [1.54, 1.807) is 6.92 Å². The molecule has 3 unspecified atom stereocenters. The van der Waals surface area contributed by atoms with Crippen LogP contribution >= 0.6 is 15.9 Å². The van der Waals surface area contributed by atoms with E-state index < -0.39 is 17.4 Å². The number of benzene rings is 1. The molecular weight excluding hydrogens is 401 g/mol. The molecule has 1 aromatic carbocycles. The van der Waals surface area contributed by atoms with Gasteiger partial charge in [0.05, 0.1) is 5.41 Å². The van der Waals surface area contributed by atoms with Crippen molar-refractivity contribution in [1.29, 1.82) is 0 Å². The fourth-order valence-electron chi connectivity index (χ4n) is 5.51. The number of hydrogen-bond donors (Lipinski definition) is 1. The first kappa shape index (κ1) is 18.0. The Kier molecular flexibility index (Phi) is 4.37. The molecule has 4 nitrogen and oxygen atoms in total. The molecule has 1 aromatic rings. The first-order valence-corrected chi connectivity index (χ1v) is 10.0. The zero-order valence-corrected chi connectivity index (χ0v) is 16.4. The van der Waals surface area contributed by atoms with Gasteiger partial charge in [-0.25, -0.2) is 4.39 Å². The van der Waals surface area contributed by atoms with E-state index in [2.05, 4.69) is 21.2 Å². The van der Waals surface area contributed by atoms with Crippen molar-refractivity contribution >= 4 is 33.5 Å². The molecule has 0 heterocycles. The molecule has 1 amide bonds. The van der Waals surface area contributed by atoms with Crippen LogP contribution in [0.3, 0.4) is 0 Å². The van der Waals surface area contributed by atoms with E-state index in [0.29, 0.717) is 17.5 Å². The quantitative estimate of drug-likeness (QED) is 0.575. The van der Waals surface area contributed by atoms with Crippen LogP contribution in [0.4, 0.5) is 10.1 Å². The number of anilines is 1. The SMILES string of the molecule is CC(OC(=O)C12CC3CC(CC(Br)(C3)C1)C2)C(=O)Nc1ccc(F)cc1. The Morgan fingerprint density at radius 2 is 1.81 bits per heavy atom. The van der Waals surface area contributed by atoms with Crippen LogP contribution in [-0.4, -0.2) is 22.3 Å². The number of carbonyl (C=O) groups is 2. The smallest absolute Gasteiger partial charge is 0.312 e. The molecule has 5 rings (SSSR count). The lowest BCUT2D eigenvalue weighted by Crippen LogP contribution is -2.56. The van der Waals surface area contributed by atoms with Gasteiger partial charge in [-0.2, -0.15) is 0 Å². The standard InChI is InChI=1S/C20H23BrFNO3/c1-12(17(24)23-16-4-2-15(22)3-5-16)26-18(25)19-7-13-6-14(8-19)10-20(21,9-13)11-19/h2-5,12-14H,6-11H2,1H3,(H,23,24). The van der Waals surface area contributed by atoms with Gasteiger partial charge in [0.2, 0.25) is 0 Å². The minimum Gasteiger partial charge on any atom is -0.452 e. The Morgan fingerprint density at radius 3 is 2.38 bits per heavy atom. The first-order chi connectivity index (χ1) is 12.3. The summed E-state index contributed by atoms with van der Waals surface area (Å²) < 4.78 is 18.6. The monoisotopic (exact) mass is 423 g/mol. The second-order valence-corrected chi connectivity index (χ2v) is 10.1. The van der Waals surface area contributed by atoms with Gasteiger partial charge in [0.1, 0.15) is 5.82 Å². The molecule has 26 heavy (non-hydrogen) atoms. The number of rotatable bonds is 4. The minimum absolute atomic E-state index is 0.0652. The van der Waals surface area contributed by atoms with Crippen molar-refractivity contribution in [3.05, 3.63) is 30.1 Å². The topological polar surface area (TPSA) is 55.4 Å². The molecule has 6 heteroatoms. The van der Waals surface area contributed by atoms with Crippen LogP contribution in [0.1, 0.15) is 45.4 Å². The molecule has 4 bridgehead atoms. The number of nitrogens with one attached hydrogen (secondary N) is 1. The maximum Gasteiger partial charge on any atom is 0.312 e. The summed E-state index contributed by atoms with van der Waals surface area (Å²) in [6.07, 6.45) is 5.16. The van der Waals surface area contributed by atoms with Gasteiger partial charge in [0, 0.05) is 10.0 Å². The molecule has 0 aliphatic heterocycles. The fraction of sp³-hybridized carbons (Fsp3) is 0.600. The second kappa shape index (κ2) is 6.32. The van der Waals surface area contributed by atoms with Gasteiger partial charge in [0.15, 0.2) is 6.10 Å². The molecule has 4 saturated carbocycles. The maximum atomic E-state index is 13.0. The number of alkyl halides is 1. The van der Waals surface area contributed by atoms with E-state index >= 15 is 0 Å². The van der Waals surface area contributed by atoms with Crippen LogP contribution in [0.15, 0.2) is 24.3 Å². The number of amides is 1. The summed E-state index contributed by atoms with van der Waals surface area (Å²) in [5.41, 5.74) is 0.0337. The van der Waals surface area contributed by atoms with Crippen molar-refractivity contribution in [3.63, 3.8) is 0 Å². The molecule has 3 atom stereocenters. The summed E-state index contributed by atoms with van der Waals surface area (Å²) in [7, 11) is 0. The molecule has 0 saturated heterocycles. The highest BCUT2D eigenvalue weighted by Crippen LogP contribution is 2.64. The predicted molar refractivity (Wildman–Crippen MR) is 99.4 cm³/mol. The van der Waals surface area contributed by atoms with Crippen LogP contribution in [0.25, 0.3) is 0 Å². The molecule has 4 fully saturated rings. The number of ether oxygens (including phenoxy) is 1. The average molecular weight is 424 g/mol. The number of hydrogen-bond acceptors (Lipinski definition) is 3. The zero-order valence-electron chi connectivity index (χ0n) is 14.8. The summed E-state index contributed by atoms with van der Waals surface area (Å²) in [5.74, 6) is 0.145. The van der Waals surface area contributed by atoms with E-state index in [-0.39, 0.29) is 16.1 Å². The Balaban J connectivity index is 1.41. The first-order valence-electron chi connectivity index (χ1n) is 9.23. The summed E-state index contributed by atoms with van der Waals surface area (Å²) >= 11 is 3.89. The summed E-state index contributed by atoms with van der Waals surface area (Å²) in [4.78, 5) is 25.3. The third-order valence-electron chi connectivity index (χ3n) is 6.19.